The Hall–Kier alpha value is 0.290. The molecular weight excluding hydrogens is 361 g/mol. The van der Waals surface area contributed by atoms with Gasteiger partial charge in [0.1, 0.15) is 6.10 Å². The first-order valence-corrected chi connectivity index (χ1v) is 9.65. The highest BCUT2D eigenvalue weighted by atomic mass is 31.3. The fourth-order valence-electron chi connectivity index (χ4n) is 1.39. The van der Waals surface area contributed by atoms with Crippen LogP contribution in [0.3, 0.4) is 0 Å². The average Bonchev–Trinajstić information content (AvgIpc) is 2.51. The maximum atomic E-state index is 11.1. The highest BCUT2D eigenvalue weighted by Gasteiger charge is 2.41. The Kier molecular flexibility index (Phi) is 6.27. The summed E-state index contributed by atoms with van der Waals surface area (Å²) in [7, 11) is -15.2. The third kappa shape index (κ3) is 7.91. The SMILES string of the molecule is O=P(O)(O)OC1OC(COP(=O)(O)OP(=O)(O)O)CC1O. The third-order valence-corrected chi connectivity index (χ3v) is 4.65. The van der Waals surface area contributed by atoms with Crippen molar-refractivity contribution in [3.8, 4) is 0 Å². The van der Waals surface area contributed by atoms with E-state index in [1.165, 1.54) is 0 Å². The van der Waals surface area contributed by atoms with Crippen LogP contribution >= 0.6 is 23.5 Å². The molecule has 1 saturated heterocycles. The molecule has 0 amide bonds. The minimum Gasteiger partial charge on any atom is -0.388 e. The molecule has 0 aliphatic carbocycles. The van der Waals surface area contributed by atoms with Crippen molar-refractivity contribution in [2.45, 2.75) is 24.9 Å². The van der Waals surface area contributed by atoms with Gasteiger partial charge in [-0.1, -0.05) is 0 Å². The van der Waals surface area contributed by atoms with Gasteiger partial charge in [0.15, 0.2) is 6.29 Å². The van der Waals surface area contributed by atoms with Gasteiger partial charge in [0.25, 0.3) is 0 Å². The molecule has 6 N–H and O–H groups in total. The summed E-state index contributed by atoms with van der Waals surface area (Å²) in [5.74, 6) is 0. The van der Waals surface area contributed by atoms with Gasteiger partial charge in [-0.25, -0.2) is 13.7 Å². The third-order valence-electron chi connectivity index (χ3n) is 2.02. The van der Waals surface area contributed by atoms with Crippen LogP contribution in [0, 0.1) is 0 Å². The Bertz CT molecular complexity index is 492. The molecule has 0 spiro atoms. The Morgan fingerprint density at radius 1 is 1.05 bits per heavy atom. The molecule has 1 aliphatic heterocycles. The molecule has 0 aromatic rings. The second kappa shape index (κ2) is 6.81. The first kappa shape index (κ1) is 19.3. The first-order valence-electron chi connectivity index (χ1n) is 5.09. The van der Waals surface area contributed by atoms with E-state index >= 15 is 0 Å². The summed E-state index contributed by atoms with van der Waals surface area (Å²) in [6.45, 7) is -0.744. The Morgan fingerprint density at radius 3 is 2.10 bits per heavy atom. The van der Waals surface area contributed by atoms with Crippen molar-refractivity contribution in [2.75, 3.05) is 6.61 Å². The van der Waals surface area contributed by atoms with Crippen molar-refractivity contribution in [3.63, 3.8) is 0 Å². The van der Waals surface area contributed by atoms with Crippen molar-refractivity contribution in [1.82, 2.24) is 0 Å². The molecule has 4 unspecified atom stereocenters. The monoisotopic (exact) mass is 374 g/mol. The summed E-state index contributed by atoms with van der Waals surface area (Å²) < 4.78 is 48.7. The van der Waals surface area contributed by atoms with Gasteiger partial charge in [-0.15, -0.1) is 0 Å². The van der Waals surface area contributed by atoms with Gasteiger partial charge >= 0.3 is 23.5 Å². The summed E-state index contributed by atoms with van der Waals surface area (Å²) in [4.78, 5) is 42.8. The minimum absolute atomic E-state index is 0.263. The number of aliphatic hydroxyl groups excluding tert-OH is 1. The lowest BCUT2D eigenvalue weighted by molar-refractivity contribution is -0.125. The van der Waals surface area contributed by atoms with Crippen LogP contribution in [0.4, 0.5) is 0 Å². The van der Waals surface area contributed by atoms with E-state index in [0.717, 1.165) is 0 Å². The molecule has 0 saturated carbocycles. The Labute approximate surface area is 117 Å². The summed E-state index contributed by atoms with van der Waals surface area (Å²) >= 11 is 0. The van der Waals surface area contributed by atoms with Gasteiger partial charge in [0, 0.05) is 6.42 Å². The average molecular weight is 374 g/mol. The summed E-state index contributed by atoms with van der Waals surface area (Å²) in [6, 6.07) is 0. The van der Waals surface area contributed by atoms with Gasteiger partial charge in [0.2, 0.25) is 0 Å². The standard InChI is InChI=1S/C5H13O13P3/c6-4-1-3(16-5(4)17-19(7,8)9)2-15-21(13,14)18-20(10,11)12/h3-6H,1-2H2,(H,13,14)(H2,7,8,9)(H2,10,11,12). The van der Waals surface area contributed by atoms with Crippen LogP contribution in [-0.4, -0.2) is 54.7 Å². The predicted octanol–water partition coefficient (Wildman–Crippen LogP) is -1.20. The number of phosphoric ester groups is 2. The molecule has 0 aromatic carbocycles. The number of rotatable bonds is 7. The molecule has 16 heteroatoms. The normalized spacial score (nSPS) is 30.3. The lowest BCUT2D eigenvalue weighted by Gasteiger charge is -2.17. The number of aliphatic hydroxyl groups is 1. The second-order valence-corrected chi connectivity index (χ2v) is 7.88. The predicted molar refractivity (Wildman–Crippen MR) is 61.3 cm³/mol. The molecular formula is C5H13O13P3. The molecule has 21 heavy (non-hydrogen) atoms. The molecule has 1 fully saturated rings. The van der Waals surface area contributed by atoms with Crippen LogP contribution in [0.15, 0.2) is 0 Å². The van der Waals surface area contributed by atoms with E-state index < -0.39 is 48.6 Å². The fourth-order valence-corrected chi connectivity index (χ4v) is 3.47. The molecule has 13 nitrogen and oxygen atoms in total. The van der Waals surface area contributed by atoms with Gasteiger partial charge in [-0.3, -0.25) is 9.05 Å². The van der Waals surface area contributed by atoms with Crippen LogP contribution < -0.4 is 0 Å². The number of ether oxygens (including phenoxy) is 1. The molecule has 0 radical (unpaired) electrons. The van der Waals surface area contributed by atoms with E-state index in [-0.39, 0.29) is 6.42 Å². The topological polar surface area (TPSA) is 210 Å². The van der Waals surface area contributed by atoms with Gasteiger partial charge < -0.3 is 34.3 Å². The van der Waals surface area contributed by atoms with E-state index in [1.54, 1.807) is 0 Å². The molecule has 126 valence electrons. The van der Waals surface area contributed by atoms with Crippen LogP contribution in [-0.2, 0) is 31.8 Å². The van der Waals surface area contributed by atoms with E-state index in [1.807, 2.05) is 0 Å². The van der Waals surface area contributed by atoms with Gasteiger partial charge in [-0.2, -0.15) is 4.31 Å². The number of phosphoric acid groups is 3. The Balaban J connectivity index is 2.49. The maximum absolute atomic E-state index is 11.1. The van der Waals surface area contributed by atoms with E-state index in [4.69, 9.17) is 29.2 Å². The highest BCUT2D eigenvalue weighted by molar-refractivity contribution is 7.60. The van der Waals surface area contributed by atoms with Crippen molar-refractivity contribution < 1.29 is 61.4 Å². The van der Waals surface area contributed by atoms with E-state index in [0.29, 0.717) is 0 Å². The summed E-state index contributed by atoms with van der Waals surface area (Å²) in [6.07, 6.45) is -4.50. The zero-order valence-corrected chi connectivity index (χ0v) is 12.7. The largest absolute Gasteiger partial charge is 0.481 e. The van der Waals surface area contributed by atoms with Crippen molar-refractivity contribution in [2.24, 2.45) is 0 Å². The van der Waals surface area contributed by atoms with Gasteiger partial charge in [-0.05, 0) is 0 Å². The lowest BCUT2D eigenvalue weighted by atomic mass is 10.2. The zero-order chi connectivity index (χ0) is 16.5. The quantitative estimate of drug-likeness (QED) is 0.289. The van der Waals surface area contributed by atoms with Crippen LogP contribution in [0.5, 0.6) is 0 Å². The maximum Gasteiger partial charge on any atom is 0.481 e. The zero-order valence-electron chi connectivity index (χ0n) is 10.0. The van der Waals surface area contributed by atoms with E-state index in [2.05, 4.69) is 13.4 Å². The van der Waals surface area contributed by atoms with Gasteiger partial charge in [0.05, 0.1) is 12.7 Å². The van der Waals surface area contributed by atoms with E-state index in [9.17, 15) is 18.8 Å². The van der Waals surface area contributed by atoms with Crippen LogP contribution in [0.25, 0.3) is 0 Å². The molecule has 1 aliphatic rings. The van der Waals surface area contributed by atoms with Crippen molar-refractivity contribution in [3.05, 3.63) is 0 Å². The number of hydrogen-bond donors (Lipinski definition) is 6. The molecule has 0 bridgehead atoms. The fraction of sp³-hybridized carbons (Fsp3) is 1.00. The smallest absolute Gasteiger partial charge is 0.388 e. The second-order valence-electron chi connectivity index (χ2n) is 3.86. The lowest BCUT2D eigenvalue weighted by Crippen LogP contribution is -2.23. The van der Waals surface area contributed by atoms with Crippen LogP contribution in [0.2, 0.25) is 0 Å². The molecule has 0 aromatic heterocycles. The van der Waals surface area contributed by atoms with Crippen LogP contribution in [0.1, 0.15) is 6.42 Å². The Morgan fingerprint density at radius 2 is 1.62 bits per heavy atom. The van der Waals surface area contributed by atoms with Crippen molar-refractivity contribution >= 4 is 23.5 Å². The number of hydrogen-bond acceptors (Lipinski definition) is 8. The molecule has 1 heterocycles. The van der Waals surface area contributed by atoms with Crippen molar-refractivity contribution in [1.29, 1.82) is 0 Å². The first-order chi connectivity index (χ1) is 9.27. The molecule has 1 rings (SSSR count). The molecule has 4 atom stereocenters. The summed E-state index contributed by atoms with van der Waals surface area (Å²) in [5, 5.41) is 9.40. The minimum atomic E-state index is -5.26. The summed E-state index contributed by atoms with van der Waals surface area (Å²) in [5.41, 5.74) is 0. The highest BCUT2D eigenvalue weighted by Crippen LogP contribution is 2.57.